The zero-order chi connectivity index (χ0) is 46.3. The van der Waals surface area contributed by atoms with E-state index in [1.165, 1.54) is 109 Å². The number of carbonyl (C=O) groups excluding carboxylic acids is 2. The molecular weight excluding hydrogens is 789 g/mol. The Morgan fingerprint density at radius 3 is 1.12 bits per heavy atom. The van der Waals surface area contributed by atoms with Crippen LogP contribution in [0.1, 0.15) is 252 Å². The van der Waals surface area contributed by atoms with Crippen LogP contribution in [-0.4, -0.2) is 37.9 Å². The van der Waals surface area contributed by atoms with Crippen LogP contribution in [0, 0.1) is 0 Å². The predicted molar refractivity (Wildman–Crippen MR) is 279 cm³/mol. The summed E-state index contributed by atoms with van der Waals surface area (Å²) in [6, 6.07) is 0. The molecule has 0 aromatic heterocycles. The van der Waals surface area contributed by atoms with Gasteiger partial charge < -0.3 is 14.2 Å². The van der Waals surface area contributed by atoms with Crippen molar-refractivity contribution in [1.82, 2.24) is 0 Å². The van der Waals surface area contributed by atoms with Crippen molar-refractivity contribution in [2.45, 2.75) is 258 Å². The third-order valence-corrected chi connectivity index (χ3v) is 11.4. The summed E-state index contributed by atoms with van der Waals surface area (Å²) in [5.74, 6) is -0.430. The Labute approximate surface area is 397 Å². The molecule has 0 amide bonds. The summed E-state index contributed by atoms with van der Waals surface area (Å²) in [5.41, 5.74) is 0. The SMILES string of the molecule is CC/C=C\C/C=C\C/C=C\C/C=C\CCCCCOCC(COC(=O)CCCCCCCCCCCCCCCCCCC)OC(=O)CCCCCCC/C=C\C/C=C\C/C=C\CC. The lowest BCUT2D eigenvalue weighted by atomic mass is 10.0. The maximum atomic E-state index is 12.8. The maximum absolute atomic E-state index is 12.8. The minimum atomic E-state index is -0.564. The lowest BCUT2D eigenvalue weighted by Crippen LogP contribution is -2.30. The van der Waals surface area contributed by atoms with Crippen LogP contribution >= 0.6 is 0 Å². The second-order valence-electron chi connectivity index (χ2n) is 17.7. The summed E-state index contributed by atoms with van der Waals surface area (Å²) in [6.07, 6.45) is 71.7. The minimum Gasteiger partial charge on any atom is -0.462 e. The monoisotopic (exact) mass is 891 g/mol. The van der Waals surface area contributed by atoms with Gasteiger partial charge in [0.1, 0.15) is 6.61 Å². The smallest absolute Gasteiger partial charge is 0.306 e. The summed E-state index contributed by atoms with van der Waals surface area (Å²) >= 11 is 0. The highest BCUT2D eigenvalue weighted by atomic mass is 16.6. The summed E-state index contributed by atoms with van der Waals surface area (Å²) < 4.78 is 17.4. The zero-order valence-electron chi connectivity index (χ0n) is 42.3. The largest absolute Gasteiger partial charge is 0.462 e. The Balaban J connectivity index is 4.34. The van der Waals surface area contributed by atoms with Crippen molar-refractivity contribution in [3.05, 3.63) is 85.1 Å². The van der Waals surface area contributed by atoms with Crippen LogP contribution in [0.25, 0.3) is 0 Å². The normalized spacial score (nSPS) is 12.9. The van der Waals surface area contributed by atoms with Gasteiger partial charge in [-0.1, -0.05) is 234 Å². The van der Waals surface area contributed by atoms with Gasteiger partial charge in [-0.2, -0.15) is 0 Å². The van der Waals surface area contributed by atoms with Crippen LogP contribution in [0.15, 0.2) is 85.1 Å². The third-order valence-electron chi connectivity index (χ3n) is 11.4. The van der Waals surface area contributed by atoms with Crippen molar-refractivity contribution >= 4 is 11.9 Å². The number of ether oxygens (including phenoxy) is 3. The molecule has 0 aliphatic heterocycles. The highest BCUT2D eigenvalue weighted by Gasteiger charge is 2.17. The van der Waals surface area contributed by atoms with Crippen molar-refractivity contribution < 1.29 is 23.8 Å². The third kappa shape index (κ3) is 51.7. The van der Waals surface area contributed by atoms with Gasteiger partial charge in [0.2, 0.25) is 0 Å². The zero-order valence-corrected chi connectivity index (χ0v) is 42.3. The molecule has 0 bridgehead atoms. The molecule has 1 atom stereocenters. The van der Waals surface area contributed by atoms with E-state index in [2.05, 4.69) is 106 Å². The van der Waals surface area contributed by atoms with E-state index >= 15 is 0 Å². The number of hydrogen-bond acceptors (Lipinski definition) is 5. The summed E-state index contributed by atoms with van der Waals surface area (Å²) in [6.45, 7) is 7.53. The van der Waals surface area contributed by atoms with E-state index in [0.717, 1.165) is 109 Å². The molecule has 0 saturated heterocycles. The fraction of sp³-hybridized carbons (Fsp3) is 0.729. The molecule has 0 saturated carbocycles. The molecular formula is C59H102O5. The molecule has 0 fully saturated rings. The van der Waals surface area contributed by atoms with Gasteiger partial charge in [-0.3, -0.25) is 9.59 Å². The predicted octanol–water partition coefficient (Wildman–Crippen LogP) is 18.5. The topological polar surface area (TPSA) is 61.8 Å². The molecule has 0 aromatic carbocycles. The van der Waals surface area contributed by atoms with Crippen molar-refractivity contribution in [3.63, 3.8) is 0 Å². The van der Waals surface area contributed by atoms with Gasteiger partial charge in [-0.05, 0) is 89.9 Å². The average Bonchev–Trinajstić information content (AvgIpc) is 3.30. The number of allylic oxidation sites excluding steroid dienone is 14. The second-order valence-corrected chi connectivity index (χ2v) is 17.7. The van der Waals surface area contributed by atoms with Crippen molar-refractivity contribution in [2.24, 2.45) is 0 Å². The van der Waals surface area contributed by atoms with Crippen LogP contribution in [-0.2, 0) is 23.8 Å². The van der Waals surface area contributed by atoms with E-state index in [-0.39, 0.29) is 25.2 Å². The molecule has 0 rings (SSSR count). The molecule has 0 aromatic rings. The number of carbonyl (C=O) groups is 2. The van der Waals surface area contributed by atoms with Crippen LogP contribution in [0.3, 0.4) is 0 Å². The lowest BCUT2D eigenvalue weighted by molar-refractivity contribution is -0.163. The standard InChI is InChI=1S/C59H102O5/c1-4-7-10-13-16-19-22-25-28-30-32-34-37-40-43-46-49-52-58(60)63-56-57(55-62-54-51-48-45-42-39-36-33-29-26-23-20-17-14-11-8-5-2)64-59(61)53-50-47-44-41-38-35-31-27-24-21-18-15-12-9-6-3/h8-9,11-12,17-18,20-21,26-27,29,31,36,39,57H,4-7,10,13-16,19,22-25,28,30,32-35,37-38,40-56H2,1-3H3/b11-8-,12-9-,20-17-,21-18-,29-26-,31-27-,39-36-. The van der Waals surface area contributed by atoms with Crippen LogP contribution in [0.5, 0.6) is 0 Å². The Hall–Kier alpha value is -2.92. The number of unbranched alkanes of at least 4 members (excludes halogenated alkanes) is 24. The molecule has 0 aliphatic rings. The Bertz CT molecular complexity index is 1190. The Morgan fingerprint density at radius 2 is 0.703 bits per heavy atom. The van der Waals surface area contributed by atoms with Crippen molar-refractivity contribution in [3.8, 4) is 0 Å². The molecule has 0 heterocycles. The van der Waals surface area contributed by atoms with Crippen LogP contribution < -0.4 is 0 Å². The lowest BCUT2D eigenvalue weighted by Gasteiger charge is -2.18. The first-order valence-corrected chi connectivity index (χ1v) is 27.1. The number of hydrogen-bond donors (Lipinski definition) is 0. The number of rotatable bonds is 49. The van der Waals surface area contributed by atoms with Gasteiger partial charge in [0, 0.05) is 19.4 Å². The molecule has 64 heavy (non-hydrogen) atoms. The fourth-order valence-electron chi connectivity index (χ4n) is 7.46. The first kappa shape index (κ1) is 61.1. The van der Waals surface area contributed by atoms with E-state index in [1.54, 1.807) is 0 Å². The minimum absolute atomic E-state index is 0.0641. The molecule has 0 aliphatic carbocycles. The maximum Gasteiger partial charge on any atom is 0.306 e. The summed E-state index contributed by atoms with van der Waals surface area (Å²) in [7, 11) is 0. The van der Waals surface area contributed by atoms with Crippen LogP contribution in [0.4, 0.5) is 0 Å². The molecule has 0 spiro atoms. The van der Waals surface area contributed by atoms with Gasteiger partial charge in [0.15, 0.2) is 6.10 Å². The molecule has 368 valence electrons. The van der Waals surface area contributed by atoms with Crippen molar-refractivity contribution in [1.29, 1.82) is 0 Å². The second kappa shape index (κ2) is 54.4. The van der Waals surface area contributed by atoms with Gasteiger partial charge in [0.25, 0.3) is 0 Å². The Kier molecular flexibility index (Phi) is 51.9. The van der Waals surface area contributed by atoms with Crippen LogP contribution in [0.2, 0.25) is 0 Å². The molecule has 0 N–H and O–H groups in total. The van der Waals surface area contributed by atoms with Gasteiger partial charge in [-0.25, -0.2) is 0 Å². The fourth-order valence-corrected chi connectivity index (χ4v) is 7.46. The quantitative estimate of drug-likeness (QED) is 0.0346. The van der Waals surface area contributed by atoms with E-state index < -0.39 is 6.10 Å². The Morgan fingerprint density at radius 1 is 0.359 bits per heavy atom. The van der Waals surface area contributed by atoms with E-state index in [1.807, 2.05) is 0 Å². The first-order chi connectivity index (χ1) is 31.6. The molecule has 1 unspecified atom stereocenters. The van der Waals surface area contributed by atoms with Crippen molar-refractivity contribution in [2.75, 3.05) is 19.8 Å². The van der Waals surface area contributed by atoms with Gasteiger partial charge in [-0.15, -0.1) is 0 Å². The first-order valence-electron chi connectivity index (χ1n) is 27.1. The van der Waals surface area contributed by atoms with Gasteiger partial charge in [0.05, 0.1) is 6.61 Å². The average molecular weight is 891 g/mol. The van der Waals surface area contributed by atoms with E-state index in [4.69, 9.17) is 14.2 Å². The van der Waals surface area contributed by atoms with E-state index in [9.17, 15) is 9.59 Å². The highest BCUT2D eigenvalue weighted by Crippen LogP contribution is 2.15. The summed E-state index contributed by atoms with van der Waals surface area (Å²) in [5, 5.41) is 0. The molecule has 5 nitrogen and oxygen atoms in total. The van der Waals surface area contributed by atoms with Gasteiger partial charge >= 0.3 is 11.9 Å². The number of esters is 2. The molecule has 5 heteroatoms. The highest BCUT2D eigenvalue weighted by molar-refractivity contribution is 5.70. The van der Waals surface area contributed by atoms with E-state index in [0.29, 0.717) is 19.4 Å². The summed E-state index contributed by atoms with van der Waals surface area (Å²) in [4.78, 5) is 25.5. The molecule has 0 radical (unpaired) electrons.